The fourth-order valence-corrected chi connectivity index (χ4v) is 2.71. The zero-order valence-electron chi connectivity index (χ0n) is 11.2. The van der Waals surface area contributed by atoms with Gasteiger partial charge >= 0.3 is 0 Å². The summed E-state index contributed by atoms with van der Waals surface area (Å²) >= 11 is 0. The van der Waals surface area contributed by atoms with Crippen molar-refractivity contribution in [3.8, 4) is 0 Å². The molecule has 0 radical (unpaired) electrons. The first-order valence-corrected chi connectivity index (χ1v) is 6.76. The van der Waals surface area contributed by atoms with Gasteiger partial charge in [0.15, 0.2) is 5.76 Å². The van der Waals surface area contributed by atoms with Crippen molar-refractivity contribution in [2.75, 3.05) is 13.1 Å². The van der Waals surface area contributed by atoms with E-state index >= 15 is 0 Å². The van der Waals surface area contributed by atoms with Gasteiger partial charge in [0.25, 0.3) is 5.91 Å². The molecule has 0 spiro atoms. The summed E-state index contributed by atoms with van der Waals surface area (Å²) in [5.74, 6) is 0.257. The van der Waals surface area contributed by atoms with Crippen LogP contribution in [0.3, 0.4) is 0 Å². The number of carbonyl (C=O) groups is 1. The fraction of sp³-hybridized carbons (Fsp3) is 0.643. The van der Waals surface area contributed by atoms with Crippen LogP contribution in [0.1, 0.15) is 43.7 Å². The van der Waals surface area contributed by atoms with Crippen LogP contribution in [0.25, 0.3) is 0 Å². The molecule has 1 amide bonds. The topological polar surface area (TPSA) is 45.5 Å². The molecule has 2 unspecified atom stereocenters. The molecule has 0 aromatic carbocycles. The van der Waals surface area contributed by atoms with Crippen LogP contribution in [0.2, 0.25) is 0 Å². The monoisotopic (exact) mass is 250 g/mol. The lowest BCUT2D eigenvalue weighted by molar-refractivity contribution is 0.0867. The van der Waals surface area contributed by atoms with Gasteiger partial charge in [0.2, 0.25) is 0 Å². The van der Waals surface area contributed by atoms with Gasteiger partial charge in [-0.2, -0.15) is 0 Å². The van der Waals surface area contributed by atoms with Gasteiger partial charge in [-0.15, -0.1) is 0 Å². The fourth-order valence-electron chi connectivity index (χ4n) is 2.71. The Labute approximate surface area is 108 Å². The van der Waals surface area contributed by atoms with Crippen LogP contribution < -0.4 is 5.32 Å². The molecule has 100 valence electrons. The summed E-state index contributed by atoms with van der Waals surface area (Å²) in [5.41, 5.74) is 0. The molecule has 1 aliphatic heterocycles. The van der Waals surface area contributed by atoms with Crippen molar-refractivity contribution in [2.24, 2.45) is 0 Å². The zero-order valence-corrected chi connectivity index (χ0v) is 11.2. The molecule has 1 aliphatic rings. The van der Waals surface area contributed by atoms with E-state index in [-0.39, 0.29) is 5.91 Å². The minimum atomic E-state index is -0.127. The third-order valence-electron chi connectivity index (χ3n) is 3.78. The van der Waals surface area contributed by atoms with Crippen molar-refractivity contribution in [1.29, 1.82) is 0 Å². The number of nitrogens with one attached hydrogen (secondary N) is 1. The molecule has 1 saturated heterocycles. The van der Waals surface area contributed by atoms with Gasteiger partial charge in [-0.05, 0) is 38.8 Å². The lowest BCUT2D eigenvalue weighted by Gasteiger charge is -2.38. The zero-order chi connectivity index (χ0) is 13.0. The molecule has 1 aromatic rings. The lowest BCUT2D eigenvalue weighted by atomic mass is 9.98. The second-order valence-electron chi connectivity index (χ2n) is 5.10. The van der Waals surface area contributed by atoms with E-state index in [0.29, 0.717) is 24.4 Å². The van der Waals surface area contributed by atoms with Gasteiger partial charge < -0.3 is 9.73 Å². The van der Waals surface area contributed by atoms with E-state index in [1.165, 1.54) is 25.5 Å². The number of likely N-dealkylation sites (tertiary alicyclic amines) is 1. The average Bonchev–Trinajstić information content (AvgIpc) is 2.86. The van der Waals surface area contributed by atoms with Crippen LogP contribution in [0.5, 0.6) is 0 Å². The minimum absolute atomic E-state index is 0.127. The third-order valence-corrected chi connectivity index (χ3v) is 3.78. The average molecular weight is 250 g/mol. The predicted octanol–water partition coefficient (Wildman–Crippen LogP) is 2.27. The van der Waals surface area contributed by atoms with E-state index in [2.05, 4.69) is 24.1 Å². The van der Waals surface area contributed by atoms with Crippen molar-refractivity contribution in [3.63, 3.8) is 0 Å². The number of hydrogen-bond acceptors (Lipinski definition) is 3. The standard InChI is InChI=1S/C14H22N2O2/c1-11-5-3-6-12(2)16(11)9-8-15-14(17)13-7-4-10-18-13/h4,7,10-12H,3,5-6,8-9H2,1-2H3,(H,15,17). The first-order valence-electron chi connectivity index (χ1n) is 6.76. The number of nitrogens with zero attached hydrogens (tertiary/aromatic N) is 1. The molecular weight excluding hydrogens is 228 g/mol. The molecule has 1 fully saturated rings. The van der Waals surface area contributed by atoms with Gasteiger partial charge in [-0.1, -0.05) is 6.42 Å². The summed E-state index contributed by atoms with van der Waals surface area (Å²) in [6.45, 7) is 6.12. The van der Waals surface area contributed by atoms with Gasteiger partial charge in [0.1, 0.15) is 0 Å². The van der Waals surface area contributed by atoms with Gasteiger partial charge in [0, 0.05) is 25.2 Å². The van der Waals surface area contributed by atoms with Gasteiger partial charge in [-0.25, -0.2) is 0 Å². The summed E-state index contributed by atoms with van der Waals surface area (Å²) in [5, 5.41) is 2.90. The number of amides is 1. The Balaban J connectivity index is 1.76. The Bertz CT molecular complexity index is 365. The molecule has 1 N–H and O–H groups in total. The minimum Gasteiger partial charge on any atom is -0.459 e. The second-order valence-corrected chi connectivity index (χ2v) is 5.10. The maximum atomic E-state index is 11.7. The summed E-state index contributed by atoms with van der Waals surface area (Å²) in [4.78, 5) is 14.2. The maximum Gasteiger partial charge on any atom is 0.287 e. The van der Waals surface area contributed by atoms with E-state index in [9.17, 15) is 4.79 Å². The summed E-state index contributed by atoms with van der Waals surface area (Å²) in [6.07, 6.45) is 5.36. The molecule has 0 aliphatic carbocycles. The SMILES string of the molecule is CC1CCCC(C)N1CCNC(=O)c1ccco1. The Hall–Kier alpha value is -1.29. The highest BCUT2D eigenvalue weighted by molar-refractivity contribution is 5.91. The molecule has 2 atom stereocenters. The van der Waals surface area contributed by atoms with Crippen LogP contribution in [-0.4, -0.2) is 36.0 Å². The van der Waals surface area contributed by atoms with Crippen molar-refractivity contribution < 1.29 is 9.21 Å². The Morgan fingerprint density at radius 1 is 1.44 bits per heavy atom. The number of piperidine rings is 1. The number of hydrogen-bond donors (Lipinski definition) is 1. The summed E-state index contributed by atoms with van der Waals surface area (Å²) in [6, 6.07) is 4.65. The summed E-state index contributed by atoms with van der Waals surface area (Å²) < 4.78 is 5.05. The van der Waals surface area contributed by atoms with Crippen LogP contribution in [0.4, 0.5) is 0 Å². The van der Waals surface area contributed by atoms with Crippen LogP contribution >= 0.6 is 0 Å². The second kappa shape index (κ2) is 6.05. The molecule has 2 rings (SSSR count). The normalized spacial score (nSPS) is 25.0. The quantitative estimate of drug-likeness (QED) is 0.891. The Morgan fingerprint density at radius 2 is 2.17 bits per heavy atom. The number of furan rings is 1. The molecule has 1 aromatic heterocycles. The highest BCUT2D eigenvalue weighted by Gasteiger charge is 2.24. The van der Waals surface area contributed by atoms with E-state index in [4.69, 9.17) is 4.42 Å². The number of rotatable bonds is 4. The van der Waals surface area contributed by atoms with Crippen molar-refractivity contribution in [3.05, 3.63) is 24.2 Å². The molecule has 0 saturated carbocycles. The largest absolute Gasteiger partial charge is 0.459 e. The third kappa shape index (κ3) is 3.13. The van der Waals surface area contributed by atoms with E-state index in [1.807, 2.05) is 0 Å². The number of carbonyl (C=O) groups excluding carboxylic acids is 1. The molecule has 0 bridgehead atoms. The lowest BCUT2D eigenvalue weighted by Crippen LogP contribution is -2.47. The molecule has 4 nitrogen and oxygen atoms in total. The predicted molar refractivity (Wildman–Crippen MR) is 70.5 cm³/mol. The molecular formula is C14H22N2O2. The maximum absolute atomic E-state index is 11.7. The van der Waals surface area contributed by atoms with E-state index < -0.39 is 0 Å². The van der Waals surface area contributed by atoms with Crippen LogP contribution in [0.15, 0.2) is 22.8 Å². The van der Waals surface area contributed by atoms with E-state index in [0.717, 1.165) is 6.54 Å². The van der Waals surface area contributed by atoms with Crippen molar-refractivity contribution in [2.45, 2.75) is 45.2 Å². The first kappa shape index (κ1) is 13.1. The summed E-state index contributed by atoms with van der Waals surface area (Å²) in [7, 11) is 0. The molecule has 2 heterocycles. The van der Waals surface area contributed by atoms with Crippen molar-refractivity contribution in [1.82, 2.24) is 10.2 Å². The highest BCUT2D eigenvalue weighted by atomic mass is 16.3. The highest BCUT2D eigenvalue weighted by Crippen LogP contribution is 2.21. The Morgan fingerprint density at radius 3 is 2.78 bits per heavy atom. The van der Waals surface area contributed by atoms with Crippen LogP contribution in [-0.2, 0) is 0 Å². The van der Waals surface area contributed by atoms with Crippen molar-refractivity contribution >= 4 is 5.91 Å². The van der Waals surface area contributed by atoms with E-state index in [1.54, 1.807) is 12.1 Å². The molecule has 18 heavy (non-hydrogen) atoms. The first-order chi connectivity index (χ1) is 8.68. The van der Waals surface area contributed by atoms with Gasteiger partial charge in [-0.3, -0.25) is 9.69 Å². The Kier molecular flexibility index (Phi) is 4.42. The van der Waals surface area contributed by atoms with Crippen LogP contribution in [0, 0.1) is 0 Å². The van der Waals surface area contributed by atoms with Gasteiger partial charge in [0.05, 0.1) is 6.26 Å². The molecule has 4 heteroatoms. The smallest absolute Gasteiger partial charge is 0.287 e.